The van der Waals surface area contributed by atoms with Gasteiger partial charge in [-0.3, -0.25) is 14.6 Å². The maximum Gasteiger partial charge on any atom is 0.333 e. The minimum Gasteiger partial charge on any atom is -0.482 e. The predicted molar refractivity (Wildman–Crippen MR) is 250 cm³/mol. The highest BCUT2D eigenvalue weighted by Crippen LogP contribution is 2.74. The fourth-order valence-corrected chi connectivity index (χ4v) is 12.6. The molecule has 0 radical (unpaired) electrons. The van der Waals surface area contributed by atoms with Crippen molar-refractivity contribution in [3.05, 3.63) is 98.7 Å². The Bertz CT molecular complexity index is 2730. The third-order valence-electron chi connectivity index (χ3n) is 15.8. The maximum atomic E-state index is 15.9. The highest BCUT2D eigenvalue weighted by Gasteiger charge is 2.84. The van der Waals surface area contributed by atoms with Crippen molar-refractivity contribution in [3.63, 3.8) is 0 Å². The summed E-state index contributed by atoms with van der Waals surface area (Å²) < 4.78 is 40.3. The van der Waals surface area contributed by atoms with Crippen LogP contribution in [0.15, 0.2) is 75.9 Å². The van der Waals surface area contributed by atoms with Crippen LogP contribution < -0.4 is 14.2 Å². The van der Waals surface area contributed by atoms with Gasteiger partial charge >= 0.3 is 5.97 Å². The van der Waals surface area contributed by atoms with Crippen molar-refractivity contribution in [1.82, 2.24) is 0 Å². The highest BCUT2D eigenvalue weighted by molar-refractivity contribution is 6.31. The minimum absolute atomic E-state index is 0.0540. The first kappa shape index (κ1) is 46.5. The number of allylic oxidation sites excluding steroid dienone is 4. The van der Waals surface area contributed by atoms with E-state index in [2.05, 4.69) is 12.2 Å². The predicted octanol–water partition coefficient (Wildman–Crippen LogP) is 6.33. The highest BCUT2D eigenvalue weighted by atomic mass is 16.7. The zero-order valence-corrected chi connectivity index (χ0v) is 40.0. The van der Waals surface area contributed by atoms with Crippen LogP contribution in [-0.2, 0) is 30.2 Å². The zero-order chi connectivity index (χ0) is 48.6. The number of esters is 1. The van der Waals surface area contributed by atoms with Crippen LogP contribution in [0.5, 0.6) is 17.2 Å². The fourth-order valence-electron chi connectivity index (χ4n) is 12.6. The third kappa shape index (κ3) is 6.50. The molecule has 7 unspecified atom stereocenters. The van der Waals surface area contributed by atoms with Gasteiger partial charge in [-0.2, -0.15) is 0 Å². The van der Waals surface area contributed by atoms with Crippen LogP contribution in [0.3, 0.4) is 0 Å². The average Bonchev–Trinajstić information content (AvgIpc) is 3.66. The van der Waals surface area contributed by atoms with Gasteiger partial charge in [-0.25, -0.2) is 4.79 Å². The lowest BCUT2D eigenvalue weighted by Crippen LogP contribution is -2.75. The molecule has 5 fully saturated rings. The number of ketones is 2. The normalized spacial score (nSPS) is 35.2. The molecule has 11 rings (SSSR count). The van der Waals surface area contributed by atoms with E-state index in [0.717, 1.165) is 12.0 Å². The van der Waals surface area contributed by atoms with Gasteiger partial charge in [-0.05, 0) is 93.2 Å². The Morgan fingerprint density at radius 2 is 1.65 bits per heavy atom. The summed E-state index contributed by atoms with van der Waals surface area (Å²) in [6.45, 7) is 14.9. The van der Waals surface area contributed by atoms with Crippen LogP contribution in [0.25, 0.3) is 11.8 Å². The maximum absolute atomic E-state index is 15.9. The number of aliphatic hydroxyl groups excluding tert-OH is 4. The molecular weight excluding hydrogens is 871 g/mol. The summed E-state index contributed by atoms with van der Waals surface area (Å²) >= 11 is 0. The molecule has 2 saturated heterocycles. The number of fused-ring (bicyclic) bond motifs is 6. The molecule has 4 aliphatic carbocycles. The van der Waals surface area contributed by atoms with E-state index in [-0.39, 0.29) is 35.1 Å². The number of hydrogen-bond donors (Lipinski definition) is 4. The van der Waals surface area contributed by atoms with Crippen molar-refractivity contribution >= 4 is 35.0 Å². The van der Waals surface area contributed by atoms with E-state index in [0.29, 0.717) is 69.8 Å². The van der Waals surface area contributed by atoms with E-state index in [1.807, 2.05) is 78.8 Å². The van der Waals surface area contributed by atoms with Gasteiger partial charge in [0.2, 0.25) is 6.29 Å². The van der Waals surface area contributed by atoms with Crippen LogP contribution in [0.2, 0.25) is 0 Å². The number of rotatable bonds is 11. The molecule has 9 aliphatic rings. The lowest BCUT2D eigenvalue weighted by molar-refractivity contribution is -0.277. The van der Waals surface area contributed by atoms with E-state index in [4.69, 9.17) is 33.4 Å². The summed E-state index contributed by atoms with van der Waals surface area (Å²) in [6, 6.07) is 7.34. The van der Waals surface area contributed by atoms with E-state index in [9.17, 15) is 30.0 Å². The number of methoxy groups -OCH3 is 1. The molecule has 12 atom stereocenters. The van der Waals surface area contributed by atoms with Gasteiger partial charge in [-0.1, -0.05) is 53.6 Å². The summed E-state index contributed by atoms with van der Waals surface area (Å²) in [5, 5.41) is 43.8. The Balaban J connectivity index is 1.32. The number of aliphatic hydroxyl groups is 4. The summed E-state index contributed by atoms with van der Waals surface area (Å²) in [7, 11) is 1.30. The second-order valence-electron chi connectivity index (χ2n) is 21.0. The Morgan fingerprint density at radius 1 is 0.926 bits per heavy atom. The van der Waals surface area contributed by atoms with E-state index >= 15 is 4.79 Å². The molecule has 4 bridgehead atoms. The molecule has 360 valence electrons. The first-order chi connectivity index (χ1) is 32.2. The molecule has 0 amide bonds. The third-order valence-corrected chi connectivity index (χ3v) is 15.8. The topological polar surface area (TPSA) is 200 Å². The number of benzene rings is 2. The molecule has 68 heavy (non-hydrogen) atoms. The number of carbonyl (C=O) groups excluding carboxylic acids is 3. The average molecular weight is 932 g/mol. The number of ether oxygens (including phenoxy) is 6. The van der Waals surface area contributed by atoms with Gasteiger partial charge in [0.05, 0.1) is 47.8 Å². The van der Waals surface area contributed by atoms with Crippen molar-refractivity contribution in [3.8, 4) is 17.2 Å². The molecule has 4 N–H and O–H groups in total. The molecule has 1 spiro atoms. The molecule has 2 aromatic carbocycles. The zero-order valence-electron chi connectivity index (χ0n) is 40.0. The molecule has 5 heterocycles. The smallest absolute Gasteiger partial charge is 0.333 e. The first-order valence-corrected chi connectivity index (χ1v) is 23.7. The van der Waals surface area contributed by atoms with E-state index in [1.54, 1.807) is 19.1 Å². The lowest BCUT2D eigenvalue weighted by Gasteiger charge is -2.62. The van der Waals surface area contributed by atoms with Crippen LogP contribution in [0.1, 0.15) is 114 Å². The van der Waals surface area contributed by atoms with Gasteiger partial charge in [0.25, 0.3) is 0 Å². The molecule has 14 heteroatoms. The number of nitrogens with zero attached hydrogens (tertiary/aromatic N) is 1. The Kier molecular flexibility index (Phi) is 11.1. The number of aliphatic imine (C=N–C) groups is 1. The first-order valence-electron chi connectivity index (χ1n) is 23.7. The SMILES string of the molecule is COC(=O)/C(C)=C\CC12OC(C)(C)C3CC(C1=O)C1C4=C(N=C5c6ccccc6C(=O)C51)c1c(O[C@H]5O[C@@H](CO)[C@H](O)[C@@H](O)[C@@H]5O)c5c(c(CC=C(C)C)c1OC432)OC(C)(CCC=C(C)C)C=C5. The molecule has 2 aromatic rings. The van der Waals surface area contributed by atoms with Crippen molar-refractivity contribution in [2.45, 2.75) is 141 Å². The van der Waals surface area contributed by atoms with E-state index < -0.39 is 89.4 Å². The van der Waals surface area contributed by atoms with Gasteiger partial charge in [-0.15, -0.1) is 0 Å². The minimum atomic E-state index is -1.78. The van der Waals surface area contributed by atoms with Crippen molar-refractivity contribution < 1.29 is 63.2 Å². The summed E-state index contributed by atoms with van der Waals surface area (Å²) in [4.78, 5) is 49.3. The summed E-state index contributed by atoms with van der Waals surface area (Å²) in [6.07, 6.45) is 3.61. The van der Waals surface area contributed by atoms with Crippen LogP contribution in [-0.4, -0.2) is 111 Å². The van der Waals surface area contributed by atoms with Crippen LogP contribution in [0.4, 0.5) is 0 Å². The van der Waals surface area contributed by atoms with Gasteiger partial charge in [0.1, 0.15) is 47.3 Å². The van der Waals surface area contributed by atoms with Crippen molar-refractivity contribution in [1.29, 1.82) is 0 Å². The fraction of sp³-hybridized carbons (Fsp3) is 0.519. The number of Topliss-reactive ketones (excluding diaryl/α,β-unsaturated/α-hetero) is 2. The van der Waals surface area contributed by atoms with Gasteiger partial charge in [0, 0.05) is 52.0 Å². The molecule has 14 nitrogen and oxygen atoms in total. The largest absolute Gasteiger partial charge is 0.482 e. The second-order valence-corrected chi connectivity index (χ2v) is 21.0. The molecular formula is C54H61NO13. The van der Waals surface area contributed by atoms with Crippen LogP contribution >= 0.6 is 0 Å². The second kappa shape index (κ2) is 16.2. The molecule has 5 aliphatic heterocycles. The number of hydrogen-bond acceptors (Lipinski definition) is 14. The Hall–Kier alpha value is -5.22. The standard InChI is InChI=1S/C54H61NO13/c1-25(2)13-12-20-52(8)21-19-31-45(66-52)30(17-16-26(3)4)47-37(46(31)65-50-44(60)43(59)42(58)33(24-56)64-50)40-38-35(36-39(55-40)28-14-10-11-15-29(28)41(36)57)32-23-34-51(6,7)68-53(48(32)61,54(34,38)67-47)22-18-27(5)49(62)63-9/h10-11,13-16,18-19,21,32-36,42-44,50,56,58-60H,12,17,20,22-24H2,1-9H3/b27-18-/t32?,33-,34?,35?,36?,42-,43+,44-,50+,52?,53?,54?/m0/s1. The molecule has 3 saturated carbocycles. The Morgan fingerprint density at radius 3 is 2.34 bits per heavy atom. The number of carbonyl (C=O) groups is 3. The monoisotopic (exact) mass is 931 g/mol. The van der Waals surface area contributed by atoms with Crippen molar-refractivity contribution in [2.24, 2.45) is 28.7 Å². The Labute approximate surface area is 396 Å². The van der Waals surface area contributed by atoms with Crippen LogP contribution in [0, 0.1) is 23.7 Å². The quantitative estimate of drug-likeness (QED) is 0.111. The van der Waals surface area contributed by atoms with Crippen molar-refractivity contribution in [2.75, 3.05) is 13.7 Å². The summed E-state index contributed by atoms with van der Waals surface area (Å²) in [5.74, 6) is -2.81. The molecule has 0 aromatic heterocycles. The summed E-state index contributed by atoms with van der Waals surface area (Å²) in [5.41, 5.74) is 1.54. The van der Waals surface area contributed by atoms with Gasteiger partial charge in [0.15, 0.2) is 22.8 Å². The lowest BCUT2D eigenvalue weighted by atomic mass is 9.43. The van der Waals surface area contributed by atoms with E-state index in [1.165, 1.54) is 12.7 Å². The van der Waals surface area contributed by atoms with Gasteiger partial charge < -0.3 is 48.8 Å².